The molecule has 2 nitrogen and oxygen atoms in total. The Morgan fingerprint density at radius 2 is 2.00 bits per heavy atom. The molecule has 1 aromatic carbocycles. The predicted octanol–water partition coefficient (Wildman–Crippen LogP) is 2.24. The number of alkyl halides is 2. The van der Waals surface area contributed by atoms with Gasteiger partial charge in [0, 0.05) is 10.0 Å². The average Bonchev–Trinajstić information content (AvgIpc) is 2.09. The molecule has 0 heterocycles. The molecule has 0 aliphatic carbocycles. The summed E-state index contributed by atoms with van der Waals surface area (Å²) in [5.41, 5.74) is -0.421. The van der Waals surface area contributed by atoms with Crippen molar-refractivity contribution in [2.24, 2.45) is 0 Å². The van der Waals surface area contributed by atoms with Crippen LogP contribution in [0.5, 0.6) is 5.75 Å². The molecule has 0 saturated heterocycles. The van der Waals surface area contributed by atoms with Gasteiger partial charge < -0.3 is 10.2 Å². The molecule has 0 unspecified atom stereocenters. The summed E-state index contributed by atoms with van der Waals surface area (Å²) in [6, 6.07) is 3.50. The number of rotatable bonds is 2. The van der Waals surface area contributed by atoms with E-state index in [0.717, 1.165) is 6.07 Å². The zero-order chi connectivity index (χ0) is 10.1. The zero-order valence-corrected chi connectivity index (χ0v) is 8.05. The van der Waals surface area contributed by atoms with Crippen LogP contribution in [-0.4, -0.2) is 16.8 Å². The second-order valence-electron chi connectivity index (χ2n) is 2.53. The highest BCUT2D eigenvalue weighted by molar-refractivity contribution is 9.10. The third-order valence-corrected chi connectivity index (χ3v) is 2.23. The van der Waals surface area contributed by atoms with Crippen molar-refractivity contribution < 1.29 is 19.0 Å². The highest BCUT2D eigenvalue weighted by Gasteiger charge is 2.32. The Hall–Kier alpha value is -0.680. The van der Waals surface area contributed by atoms with Crippen LogP contribution in [-0.2, 0) is 5.92 Å². The molecule has 2 N–H and O–H groups in total. The first kappa shape index (κ1) is 10.4. The Labute approximate surface area is 81.9 Å². The number of aliphatic hydroxyl groups excluding tert-OH is 1. The Morgan fingerprint density at radius 1 is 1.38 bits per heavy atom. The Kier molecular flexibility index (Phi) is 2.87. The van der Waals surface area contributed by atoms with Crippen LogP contribution in [0.2, 0.25) is 0 Å². The number of halogens is 3. The lowest BCUT2D eigenvalue weighted by molar-refractivity contribution is -0.0563. The fourth-order valence-corrected chi connectivity index (χ4v) is 1.42. The first-order chi connectivity index (χ1) is 5.97. The van der Waals surface area contributed by atoms with Gasteiger partial charge in [-0.2, -0.15) is 8.78 Å². The molecule has 0 bridgehead atoms. The lowest BCUT2D eigenvalue weighted by atomic mass is 10.1. The van der Waals surface area contributed by atoms with E-state index >= 15 is 0 Å². The molecule has 13 heavy (non-hydrogen) atoms. The minimum absolute atomic E-state index is 0.157. The largest absolute Gasteiger partial charge is 0.508 e. The van der Waals surface area contributed by atoms with E-state index in [2.05, 4.69) is 15.9 Å². The van der Waals surface area contributed by atoms with E-state index in [-0.39, 0.29) is 10.2 Å². The van der Waals surface area contributed by atoms with E-state index in [1.807, 2.05) is 0 Å². The van der Waals surface area contributed by atoms with Gasteiger partial charge in [0.15, 0.2) is 0 Å². The summed E-state index contributed by atoms with van der Waals surface area (Å²) in [6.45, 7) is -1.28. The summed E-state index contributed by atoms with van der Waals surface area (Å²) in [5, 5.41) is 17.4. The average molecular weight is 253 g/mol. The normalized spacial score (nSPS) is 11.7. The SMILES string of the molecule is OCC(F)(F)c1cc(O)ccc1Br. The third-order valence-electron chi connectivity index (χ3n) is 1.54. The van der Waals surface area contributed by atoms with Gasteiger partial charge >= 0.3 is 0 Å². The number of phenols is 1. The molecule has 0 fully saturated rings. The van der Waals surface area contributed by atoms with Crippen molar-refractivity contribution >= 4 is 15.9 Å². The van der Waals surface area contributed by atoms with Gasteiger partial charge in [-0.15, -0.1) is 0 Å². The van der Waals surface area contributed by atoms with Crippen LogP contribution in [0.4, 0.5) is 8.78 Å². The summed E-state index contributed by atoms with van der Waals surface area (Å²) >= 11 is 2.90. The van der Waals surface area contributed by atoms with Gasteiger partial charge in [-0.25, -0.2) is 0 Å². The van der Waals surface area contributed by atoms with Crippen LogP contribution < -0.4 is 0 Å². The number of benzene rings is 1. The van der Waals surface area contributed by atoms with Crippen molar-refractivity contribution in [1.29, 1.82) is 0 Å². The van der Waals surface area contributed by atoms with Crippen LogP contribution in [0.1, 0.15) is 5.56 Å². The molecule has 0 radical (unpaired) electrons. The smallest absolute Gasteiger partial charge is 0.297 e. The van der Waals surface area contributed by atoms with Crippen molar-refractivity contribution in [1.82, 2.24) is 0 Å². The van der Waals surface area contributed by atoms with Gasteiger partial charge in [-0.05, 0) is 18.2 Å². The maximum atomic E-state index is 12.9. The molecule has 0 saturated carbocycles. The van der Waals surface area contributed by atoms with E-state index in [0.29, 0.717) is 0 Å². The van der Waals surface area contributed by atoms with Crippen molar-refractivity contribution in [2.45, 2.75) is 5.92 Å². The molecule has 5 heteroatoms. The second-order valence-corrected chi connectivity index (χ2v) is 3.38. The molecule has 1 rings (SSSR count). The summed E-state index contributed by atoms with van der Waals surface area (Å²) in [4.78, 5) is 0. The summed E-state index contributed by atoms with van der Waals surface area (Å²) < 4.78 is 26.0. The van der Waals surface area contributed by atoms with Gasteiger partial charge in [0.25, 0.3) is 5.92 Å². The minimum Gasteiger partial charge on any atom is -0.508 e. The molecule has 0 spiro atoms. The predicted molar refractivity (Wildman–Crippen MR) is 46.8 cm³/mol. The second kappa shape index (κ2) is 3.59. The first-order valence-corrected chi connectivity index (χ1v) is 4.24. The van der Waals surface area contributed by atoms with Crippen LogP contribution in [0.3, 0.4) is 0 Å². The highest BCUT2D eigenvalue weighted by Crippen LogP contribution is 2.35. The fraction of sp³-hybridized carbons (Fsp3) is 0.250. The third kappa shape index (κ3) is 2.16. The molecule has 0 aliphatic heterocycles. The molecule has 0 atom stereocenters. The van der Waals surface area contributed by atoms with Crippen LogP contribution >= 0.6 is 15.9 Å². The zero-order valence-electron chi connectivity index (χ0n) is 6.47. The van der Waals surface area contributed by atoms with E-state index in [1.165, 1.54) is 12.1 Å². The minimum atomic E-state index is -3.34. The molecule has 0 aromatic heterocycles. The Morgan fingerprint density at radius 3 is 2.54 bits per heavy atom. The fourth-order valence-electron chi connectivity index (χ4n) is 0.879. The Bertz CT molecular complexity index is 315. The van der Waals surface area contributed by atoms with Gasteiger partial charge in [0.05, 0.1) is 0 Å². The standard InChI is InChI=1S/C8H7BrF2O2/c9-7-2-1-5(13)3-6(7)8(10,11)4-12/h1-3,12-13H,4H2. The number of phenolic OH excluding ortho intramolecular Hbond substituents is 1. The maximum Gasteiger partial charge on any atom is 0.297 e. The van der Waals surface area contributed by atoms with Crippen molar-refractivity contribution in [3.05, 3.63) is 28.2 Å². The maximum absolute atomic E-state index is 12.9. The summed E-state index contributed by atoms with van der Waals surface area (Å²) in [5.74, 6) is -3.59. The van der Waals surface area contributed by atoms with E-state index in [9.17, 15) is 8.78 Å². The summed E-state index contributed by atoms with van der Waals surface area (Å²) in [6.07, 6.45) is 0. The number of aliphatic hydroxyl groups is 1. The van der Waals surface area contributed by atoms with E-state index in [1.54, 1.807) is 0 Å². The molecule has 0 aliphatic rings. The van der Waals surface area contributed by atoms with Crippen molar-refractivity contribution in [3.8, 4) is 5.75 Å². The molecule has 72 valence electrons. The number of hydrogen-bond donors (Lipinski definition) is 2. The monoisotopic (exact) mass is 252 g/mol. The molecule has 1 aromatic rings. The molecule has 0 amide bonds. The molecular weight excluding hydrogens is 246 g/mol. The van der Waals surface area contributed by atoms with Crippen LogP contribution in [0.15, 0.2) is 22.7 Å². The number of hydrogen-bond acceptors (Lipinski definition) is 2. The number of aromatic hydroxyl groups is 1. The summed E-state index contributed by atoms with van der Waals surface area (Å²) in [7, 11) is 0. The van der Waals surface area contributed by atoms with E-state index < -0.39 is 18.1 Å². The van der Waals surface area contributed by atoms with Gasteiger partial charge in [0.1, 0.15) is 12.4 Å². The highest BCUT2D eigenvalue weighted by atomic mass is 79.9. The van der Waals surface area contributed by atoms with Crippen LogP contribution in [0, 0.1) is 0 Å². The lowest BCUT2D eigenvalue weighted by Gasteiger charge is -2.15. The van der Waals surface area contributed by atoms with Gasteiger partial charge in [0.2, 0.25) is 0 Å². The van der Waals surface area contributed by atoms with Crippen molar-refractivity contribution in [2.75, 3.05) is 6.61 Å². The molecular formula is C8H7BrF2O2. The van der Waals surface area contributed by atoms with Gasteiger partial charge in [-0.1, -0.05) is 15.9 Å². The Balaban J connectivity index is 3.20. The lowest BCUT2D eigenvalue weighted by Crippen LogP contribution is -2.18. The quantitative estimate of drug-likeness (QED) is 0.848. The van der Waals surface area contributed by atoms with Crippen LogP contribution in [0.25, 0.3) is 0 Å². The van der Waals surface area contributed by atoms with Crippen molar-refractivity contribution in [3.63, 3.8) is 0 Å². The topological polar surface area (TPSA) is 40.5 Å². The first-order valence-electron chi connectivity index (χ1n) is 3.45. The van der Waals surface area contributed by atoms with E-state index in [4.69, 9.17) is 10.2 Å². The van der Waals surface area contributed by atoms with Gasteiger partial charge in [-0.3, -0.25) is 0 Å².